The van der Waals surface area contributed by atoms with Crippen molar-refractivity contribution >= 4 is 46.2 Å². The molecule has 1 aromatic carbocycles. The van der Waals surface area contributed by atoms with E-state index in [2.05, 4.69) is 0 Å². The number of fused-ring (bicyclic) bond motifs is 3. The fourth-order valence-corrected chi connectivity index (χ4v) is 5.42. The number of amides is 1. The number of anilines is 2. The minimum Gasteiger partial charge on any atom is -0.508 e. The third-order valence-electron chi connectivity index (χ3n) is 6.78. The highest BCUT2D eigenvalue weighted by atomic mass is 35.5. The first-order valence-corrected chi connectivity index (χ1v) is 9.90. The van der Waals surface area contributed by atoms with E-state index < -0.39 is 81.8 Å². The molecule has 11 nitrogen and oxygen atoms in total. The normalized spacial score (nSPS) is 31.9. The van der Waals surface area contributed by atoms with Gasteiger partial charge in [0.05, 0.1) is 28.1 Å². The summed E-state index contributed by atoms with van der Waals surface area (Å²) in [5, 5.41) is 54.1. The molecule has 0 spiro atoms. The van der Waals surface area contributed by atoms with Crippen LogP contribution in [-0.4, -0.2) is 54.7 Å². The average molecular weight is 466 g/mol. The number of aliphatic hydroxyl groups is 4. The van der Waals surface area contributed by atoms with Gasteiger partial charge in [-0.25, -0.2) is 0 Å². The quantitative estimate of drug-likeness (QED) is 0.117. The first kappa shape index (κ1) is 21.9. The van der Waals surface area contributed by atoms with Gasteiger partial charge in [-0.15, -0.1) is 0 Å². The number of nitrogen functional groups attached to an aromatic ring is 2. The van der Waals surface area contributed by atoms with E-state index in [4.69, 9.17) is 28.8 Å². The van der Waals surface area contributed by atoms with Crippen LogP contribution in [0.3, 0.4) is 0 Å². The van der Waals surface area contributed by atoms with Crippen molar-refractivity contribution < 1.29 is 39.9 Å². The molecule has 1 aromatic rings. The molecule has 0 heterocycles. The molecule has 1 fully saturated rings. The highest BCUT2D eigenvalue weighted by Gasteiger charge is 2.65. The lowest BCUT2D eigenvalue weighted by molar-refractivity contribution is -0.160. The van der Waals surface area contributed by atoms with Crippen LogP contribution in [0.15, 0.2) is 16.9 Å². The predicted octanol–water partition coefficient (Wildman–Crippen LogP) is -0.226. The van der Waals surface area contributed by atoms with Gasteiger partial charge in [0, 0.05) is 23.8 Å². The lowest BCUT2D eigenvalue weighted by Gasteiger charge is -2.50. The van der Waals surface area contributed by atoms with Crippen LogP contribution in [0.25, 0.3) is 5.76 Å². The van der Waals surface area contributed by atoms with Crippen molar-refractivity contribution in [1.82, 2.24) is 0 Å². The molecule has 3 aliphatic carbocycles. The molecule has 3 aliphatic rings. The summed E-state index contributed by atoms with van der Waals surface area (Å²) in [4.78, 5) is 37.5. The number of Topliss-reactive ketones (excluding diaryl/α,β-unsaturated/α-hetero) is 2. The Morgan fingerprint density at radius 1 is 1.16 bits per heavy atom. The van der Waals surface area contributed by atoms with Gasteiger partial charge in [0.2, 0.25) is 5.78 Å². The number of carbonyl (C=O) groups is 3. The lowest BCUT2D eigenvalue weighted by Crippen LogP contribution is -2.64. The molecular formula is C20H20ClN3O8. The average Bonchev–Trinajstić information content (AvgIpc) is 2.72. The minimum atomic E-state index is -2.91. The Bertz CT molecular complexity index is 1210. The molecule has 11 N–H and O–H groups in total. The van der Waals surface area contributed by atoms with Crippen LogP contribution in [0.5, 0.6) is 5.75 Å². The molecule has 0 radical (unpaired) electrons. The molecule has 1 amide bonds. The third kappa shape index (κ3) is 2.35. The van der Waals surface area contributed by atoms with Crippen LogP contribution in [0, 0.1) is 11.8 Å². The number of aliphatic hydroxyl groups excluding tert-OH is 3. The van der Waals surface area contributed by atoms with Crippen LogP contribution in [0.2, 0.25) is 5.02 Å². The predicted molar refractivity (Wildman–Crippen MR) is 111 cm³/mol. The number of phenolic OH excluding ortho intramolecular Hbond substituents is 1. The highest BCUT2D eigenvalue weighted by molar-refractivity contribution is 6.36. The van der Waals surface area contributed by atoms with Crippen LogP contribution >= 0.6 is 11.6 Å². The second-order valence-corrected chi connectivity index (χ2v) is 8.64. The SMILES string of the molecule is C[C@H]1c2c(N)c(Cl)c(N)c(O)c2C(O)=C2C(=O)[C@]3(O)C(O)=C(C(N)=O)C(=O)C[C@@H]3[C@H](O)[C@@H]21. The molecule has 32 heavy (non-hydrogen) atoms. The maximum Gasteiger partial charge on any atom is 0.255 e. The summed E-state index contributed by atoms with van der Waals surface area (Å²) in [6.45, 7) is 1.54. The molecule has 0 saturated heterocycles. The summed E-state index contributed by atoms with van der Waals surface area (Å²) in [7, 11) is 0. The number of nitrogens with two attached hydrogens (primary N) is 3. The molecule has 0 unspecified atom stereocenters. The zero-order chi connectivity index (χ0) is 24.0. The molecule has 12 heteroatoms. The van der Waals surface area contributed by atoms with Crippen LogP contribution in [-0.2, 0) is 14.4 Å². The number of hydrogen-bond acceptors (Lipinski definition) is 10. The third-order valence-corrected chi connectivity index (χ3v) is 7.19. The monoisotopic (exact) mass is 465 g/mol. The minimum absolute atomic E-state index is 0.0889. The lowest BCUT2D eigenvalue weighted by atomic mass is 9.55. The van der Waals surface area contributed by atoms with Gasteiger partial charge in [-0.05, 0) is 11.5 Å². The Morgan fingerprint density at radius 2 is 1.75 bits per heavy atom. The Morgan fingerprint density at radius 3 is 2.31 bits per heavy atom. The van der Waals surface area contributed by atoms with Crippen molar-refractivity contribution in [2.45, 2.75) is 31.0 Å². The number of aromatic hydroxyl groups is 1. The molecule has 170 valence electrons. The molecule has 0 aliphatic heterocycles. The Kier molecular flexibility index (Phi) is 4.53. The van der Waals surface area contributed by atoms with Gasteiger partial charge in [0.15, 0.2) is 17.1 Å². The fraction of sp³-hybridized carbons (Fsp3) is 0.350. The van der Waals surface area contributed by atoms with E-state index in [0.717, 1.165) is 0 Å². The number of phenols is 1. The standard InChI is InChI=1S/C20H20ClN3O8/c1-3-6-9(16(28)13(23)11(21)12(6)22)15(27)10-7(3)14(26)4-2-5(25)8(19(24)31)17(29)20(4,32)18(10)30/h3-4,7,14,26-29,32H,2,22-23H2,1H3,(H2,24,31)/t3-,4+,7+,14-,20+/m0/s1. The summed E-state index contributed by atoms with van der Waals surface area (Å²) in [5.41, 5.74) is 11.9. The number of ketones is 2. The molecular weight excluding hydrogens is 446 g/mol. The van der Waals surface area contributed by atoms with Crippen molar-refractivity contribution in [2.24, 2.45) is 17.6 Å². The summed E-state index contributed by atoms with van der Waals surface area (Å²) < 4.78 is 0. The van der Waals surface area contributed by atoms with E-state index in [1.807, 2.05) is 0 Å². The summed E-state index contributed by atoms with van der Waals surface area (Å²) in [6, 6.07) is 0. The highest BCUT2D eigenvalue weighted by Crippen LogP contribution is 2.58. The Labute approximate surface area is 185 Å². The van der Waals surface area contributed by atoms with Crippen LogP contribution in [0.4, 0.5) is 11.4 Å². The number of hydrogen-bond donors (Lipinski definition) is 8. The van der Waals surface area contributed by atoms with Gasteiger partial charge in [-0.2, -0.15) is 0 Å². The number of benzene rings is 1. The van der Waals surface area contributed by atoms with E-state index >= 15 is 0 Å². The van der Waals surface area contributed by atoms with E-state index in [9.17, 15) is 39.9 Å². The molecule has 0 aromatic heterocycles. The van der Waals surface area contributed by atoms with Crippen molar-refractivity contribution in [2.75, 3.05) is 11.5 Å². The zero-order valence-electron chi connectivity index (χ0n) is 16.6. The van der Waals surface area contributed by atoms with Gasteiger partial charge in [0.1, 0.15) is 17.1 Å². The van der Waals surface area contributed by atoms with Crippen molar-refractivity contribution in [1.29, 1.82) is 0 Å². The van der Waals surface area contributed by atoms with Gasteiger partial charge >= 0.3 is 0 Å². The summed E-state index contributed by atoms with van der Waals surface area (Å²) in [5.74, 6) is -9.97. The number of halogens is 1. The van der Waals surface area contributed by atoms with E-state index in [-0.39, 0.29) is 27.5 Å². The van der Waals surface area contributed by atoms with E-state index in [0.29, 0.717) is 0 Å². The second kappa shape index (κ2) is 6.61. The first-order chi connectivity index (χ1) is 14.8. The van der Waals surface area contributed by atoms with Gasteiger partial charge in [-0.3, -0.25) is 14.4 Å². The Hall–Kier alpha value is -3.28. The number of primary amides is 1. The van der Waals surface area contributed by atoms with Crippen molar-refractivity contribution in [3.8, 4) is 5.75 Å². The number of carbonyl (C=O) groups excluding carboxylic acids is 3. The molecule has 5 atom stereocenters. The summed E-state index contributed by atoms with van der Waals surface area (Å²) in [6.07, 6.45) is -2.32. The van der Waals surface area contributed by atoms with Crippen molar-refractivity contribution in [3.05, 3.63) is 33.1 Å². The molecule has 0 bridgehead atoms. The number of rotatable bonds is 1. The molecule has 4 rings (SSSR count). The maximum absolute atomic E-state index is 13.5. The van der Waals surface area contributed by atoms with E-state index in [1.165, 1.54) is 6.92 Å². The fourth-order valence-electron chi connectivity index (χ4n) is 5.23. The second-order valence-electron chi connectivity index (χ2n) is 8.26. The first-order valence-electron chi connectivity index (χ1n) is 9.53. The smallest absolute Gasteiger partial charge is 0.255 e. The van der Waals surface area contributed by atoms with Crippen molar-refractivity contribution in [3.63, 3.8) is 0 Å². The van der Waals surface area contributed by atoms with Gasteiger partial charge < -0.3 is 42.7 Å². The van der Waals surface area contributed by atoms with Gasteiger partial charge in [0.25, 0.3) is 5.91 Å². The van der Waals surface area contributed by atoms with Crippen LogP contribution < -0.4 is 17.2 Å². The maximum atomic E-state index is 13.5. The largest absolute Gasteiger partial charge is 0.508 e. The zero-order valence-corrected chi connectivity index (χ0v) is 17.3. The summed E-state index contributed by atoms with van der Waals surface area (Å²) >= 11 is 6.09. The topological polar surface area (TPSA) is 230 Å². The molecule has 1 saturated carbocycles. The van der Waals surface area contributed by atoms with E-state index in [1.54, 1.807) is 0 Å². The van der Waals surface area contributed by atoms with Gasteiger partial charge in [-0.1, -0.05) is 18.5 Å². The Balaban J connectivity index is 2.07. The van der Waals surface area contributed by atoms with Crippen LogP contribution in [0.1, 0.15) is 30.4 Å².